The van der Waals surface area contributed by atoms with Crippen LogP contribution in [0.25, 0.3) is 0 Å². The minimum absolute atomic E-state index is 0.0706. The third-order valence-electron chi connectivity index (χ3n) is 5.75. The van der Waals surface area contributed by atoms with Gasteiger partial charge in [0, 0.05) is 25.2 Å². The minimum Gasteiger partial charge on any atom is -0.465 e. The second kappa shape index (κ2) is 8.05. The van der Waals surface area contributed by atoms with E-state index in [-0.39, 0.29) is 23.9 Å². The molecule has 5 nitrogen and oxygen atoms in total. The van der Waals surface area contributed by atoms with Crippen LogP contribution < -0.4 is 4.90 Å². The predicted molar refractivity (Wildman–Crippen MR) is 105 cm³/mol. The van der Waals surface area contributed by atoms with Crippen molar-refractivity contribution in [2.45, 2.75) is 44.8 Å². The van der Waals surface area contributed by atoms with E-state index < -0.39 is 0 Å². The molecule has 2 aliphatic heterocycles. The maximum absolute atomic E-state index is 13.2. The first-order valence-corrected chi connectivity index (χ1v) is 10.1. The minimum atomic E-state index is -0.324. The summed E-state index contributed by atoms with van der Waals surface area (Å²) in [4.78, 5) is 16.5. The molecule has 2 aliphatic rings. The molecule has 0 unspecified atom stereocenters. The summed E-state index contributed by atoms with van der Waals surface area (Å²) in [6.45, 7) is 5.35. The molecular weight excluding hydrogens is 359 g/mol. The molecule has 0 aliphatic carbocycles. The van der Waals surface area contributed by atoms with Crippen molar-refractivity contribution in [3.05, 3.63) is 53.7 Å². The number of ether oxygens (including phenoxy) is 1. The van der Waals surface area contributed by atoms with E-state index in [1.807, 2.05) is 0 Å². The number of aryl methyl sites for hydroxylation is 1. The van der Waals surface area contributed by atoms with Crippen molar-refractivity contribution in [3.8, 4) is 0 Å². The highest BCUT2D eigenvalue weighted by atomic mass is 19.1. The average molecular weight is 386 g/mol. The SMILES string of the molecule is CCCc1ccc(CN2CCC3(CC2)CN(c2ccc(F)cc2)C(=O)CO3)o1. The first kappa shape index (κ1) is 19.2. The summed E-state index contributed by atoms with van der Waals surface area (Å²) in [5.74, 6) is 1.69. The molecule has 4 rings (SSSR count). The van der Waals surface area contributed by atoms with Crippen LogP contribution in [-0.4, -0.2) is 42.6 Å². The smallest absolute Gasteiger partial charge is 0.253 e. The fourth-order valence-electron chi connectivity index (χ4n) is 4.10. The van der Waals surface area contributed by atoms with Crippen LogP contribution in [0.1, 0.15) is 37.7 Å². The highest BCUT2D eigenvalue weighted by molar-refractivity contribution is 5.95. The van der Waals surface area contributed by atoms with Crippen LogP contribution in [0.4, 0.5) is 10.1 Å². The fraction of sp³-hybridized carbons (Fsp3) is 0.500. The van der Waals surface area contributed by atoms with Gasteiger partial charge in [0.2, 0.25) is 0 Å². The van der Waals surface area contributed by atoms with E-state index in [0.29, 0.717) is 6.54 Å². The molecule has 150 valence electrons. The lowest BCUT2D eigenvalue weighted by Gasteiger charge is -2.46. The Hall–Kier alpha value is -2.18. The van der Waals surface area contributed by atoms with Crippen LogP contribution in [-0.2, 0) is 22.5 Å². The van der Waals surface area contributed by atoms with E-state index >= 15 is 0 Å². The van der Waals surface area contributed by atoms with Crippen molar-refractivity contribution in [3.63, 3.8) is 0 Å². The number of benzene rings is 1. The molecular formula is C22H27FN2O3. The molecule has 0 bridgehead atoms. The molecule has 0 atom stereocenters. The number of anilines is 1. The van der Waals surface area contributed by atoms with Crippen molar-refractivity contribution in [2.75, 3.05) is 31.1 Å². The molecule has 3 heterocycles. The molecule has 2 saturated heterocycles. The Labute approximate surface area is 165 Å². The van der Waals surface area contributed by atoms with Crippen molar-refractivity contribution < 1.29 is 18.3 Å². The van der Waals surface area contributed by atoms with E-state index in [0.717, 1.165) is 62.5 Å². The molecule has 0 saturated carbocycles. The fourth-order valence-corrected chi connectivity index (χ4v) is 4.10. The van der Waals surface area contributed by atoms with E-state index in [9.17, 15) is 9.18 Å². The summed E-state index contributed by atoms with van der Waals surface area (Å²) in [5.41, 5.74) is 0.408. The highest BCUT2D eigenvalue weighted by Crippen LogP contribution is 2.33. The van der Waals surface area contributed by atoms with Crippen molar-refractivity contribution in [2.24, 2.45) is 0 Å². The number of likely N-dealkylation sites (tertiary alicyclic amines) is 1. The van der Waals surface area contributed by atoms with Crippen LogP contribution in [0, 0.1) is 5.82 Å². The molecule has 1 aromatic heterocycles. The molecule has 1 aromatic carbocycles. The van der Waals surface area contributed by atoms with Crippen LogP contribution >= 0.6 is 0 Å². The number of nitrogens with zero attached hydrogens (tertiary/aromatic N) is 2. The van der Waals surface area contributed by atoms with Crippen LogP contribution in [0.3, 0.4) is 0 Å². The molecule has 0 radical (unpaired) electrons. The van der Waals surface area contributed by atoms with Crippen LogP contribution in [0.15, 0.2) is 40.8 Å². The maximum Gasteiger partial charge on any atom is 0.253 e. The number of carbonyl (C=O) groups excluding carboxylic acids is 1. The van der Waals surface area contributed by atoms with Gasteiger partial charge in [0.1, 0.15) is 23.9 Å². The van der Waals surface area contributed by atoms with Crippen LogP contribution in [0.5, 0.6) is 0 Å². The number of rotatable bonds is 5. The number of hydrogen-bond donors (Lipinski definition) is 0. The van der Waals surface area contributed by atoms with Gasteiger partial charge >= 0.3 is 0 Å². The Kier molecular flexibility index (Phi) is 5.51. The Bertz CT molecular complexity index is 809. The number of furan rings is 1. The second-order valence-electron chi connectivity index (χ2n) is 7.82. The molecule has 1 spiro atoms. The monoisotopic (exact) mass is 386 g/mol. The van der Waals surface area contributed by atoms with Gasteiger partial charge in [-0.15, -0.1) is 0 Å². The highest BCUT2D eigenvalue weighted by Gasteiger charge is 2.42. The van der Waals surface area contributed by atoms with Gasteiger partial charge in [0.05, 0.1) is 18.7 Å². The second-order valence-corrected chi connectivity index (χ2v) is 7.82. The molecule has 1 amide bonds. The third-order valence-corrected chi connectivity index (χ3v) is 5.75. The topological polar surface area (TPSA) is 45.9 Å². The lowest BCUT2D eigenvalue weighted by Crippen LogP contribution is -2.58. The molecule has 28 heavy (non-hydrogen) atoms. The lowest BCUT2D eigenvalue weighted by atomic mass is 9.89. The largest absolute Gasteiger partial charge is 0.465 e. The average Bonchev–Trinajstić information content (AvgIpc) is 3.14. The Morgan fingerprint density at radius 2 is 1.79 bits per heavy atom. The Morgan fingerprint density at radius 3 is 2.50 bits per heavy atom. The summed E-state index contributed by atoms with van der Waals surface area (Å²) < 4.78 is 25.1. The first-order chi connectivity index (χ1) is 13.6. The van der Waals surface area contributed by atoms with E-state index in [1.54, 1.807) is 17.0 Å². The van der Waals surface area contributed by atoms with Gasteiger partial charge in [-0.25, -0.2) is 4.39 Å². The van der Waals surface area contributed by atoms with Crippen molar-refractivity contribution in [1.29, 1.82) is 0 Å². The van der Waals surface area contributed by atoms with Crippen LogP contribution in [0.2, 0.25) is 0 Å². The molecule has 0 N–H and O–H groups in total. The summed E-state index contributed by atoms with van der Waals surface area (Å²) >= 11 is 0. The number of piperidine rings is 1. The van der Waals surface area contributed by atoms with Gasteiger partial charge in [-0.2, -0.15) is 0 Å². The number of carbonyl (C=O) groups is 1. The lowest BCUT2D eigenvalue weighted by molar-refractivity contribution is -0.145. The molecule has 2 aromatic rings. The summed E-state index contributed by atoms with van der Waals surface area (Å²) in [5, 5.41) is 0. The summed E-state index contributed by atoms with van der Waals surface area (Å²) in [7, 11) is 0. The van der Waals surface area contributed by atoms with Gasteiger partial charge in [-0.3, -0.25) is 9.69 Å². The molecule has 6 heteroatoms. The number of morpholine rings is 1. The third kappa shape index (κ3) is 4.13. The summed E-state index contributed by atoms with van der Waals surface area (Å²) in [6.07, 6.45) is 3.78. The van der Waals surface area contributed by atoms with E-state index in [2.05, 4.69) is 24.0 Å². The summed E-state index contributed by atoms with van der Waals surface area (Å²) in [6, 6.07) is 10.2. The zero-order valence-corrected chi connectivity index (χ0v) is 16.3. The van der Waals surface area contributed by atoms with Crippen molar-refractivity contribution in [1.82, 2.24) is 4.90 Å². The number of amides is 1. The predicted octanol–water partition coefficient (Wildman–Crippen LogP) is 3.77. The number of hydrogen-bond acceptors (Lipinski definition) is 4. The van der Waals surface area contributed by atoms with Gasteiger partial charge in [-0.05, 0) is 55.7 Å². The van der Waals surface area contributed by atoms with Gasteiger partial charge in [-0.1, -0.05) is 6.92 Å². The molecule has 2 fully saturated rings. The zero-order valence-electron chi connectivity index (χ0n) is 16.3. The van der Waals surface area contributed by atoms with Gasteiger partial charge in [0.15, 0.2) is 0 Å². The van der Waals surface area contributed by atoms with Gasteiger partial charge < -0.3 is 14.1 Å². The zero-order chi connectivity index (χ0) is 19.6. The quantitative estimate of drug-likeness (QED) is 0.785. The normalized spacial score (nSPS) is 20.1. The Morgan fingerprint density at radius 1 is 1.07 bits per heavy atom. The van der Waals surface area contributed by atoms with E-state index in [1.165, 1.54) is 12.1 Å². The Balaban J connectivity index is 1.37. The maximum atomic E-state index is 13.2. The number of halogens is 1. The standard InChI is InChI=1S/C22H27FN2O3/c1-2-3-19-8-9-20(28-19)14-24-12-10-22(11-13-24)16-25(21(26)15-27-22)18-6-4-17(23)5-7-18/h4-9H,2-3,10-16H2,1H3. The first-order valence-electron chi connectivity index (χ1n) is 10.1. The van der Waals surface area contributed by atoms with E-state index in [4.69, 9.17) is 9.15 Å². The van der Waals surface area contributed by atoms with Crippen molar-refractivity contribution >= 4 is 11.6 Å². The van der Waals surface area contributed by atoms with Gasteiger partial charge in [0.25, 0.3) is 5.91 Å².